The van der Waals surface area contributed by atoms with Crippen molar-refractivity contribution in [3.8, 4) is 11.5 Å². The number of nitrogens with zero attached hydrogens (tertiary/aromatic N) is 4. The van der Waals surface area contributed by atoms with E-state index >= 15 is 0 Å². The summed E-state index contributed by atoms with van der Waals surface area (Å²) in [5.41, 5.74) is 0.987. The van der Waals surface area contributed by atoms with E-state index in [1.165, 1.54) is 24.6 Å². The van der Waals surface area contributed by atoms with E-state index in [0.717, 1.165) is 23.1 Å². The van der Waals surface area contributed by atoms with Crippen molar-refractivity contribution < 1.29 is 14.3 Å². The first kappa shape index (κ1) is 19.5. The summed E-state index contributed by atoms with van der Waals surface area (Å²) in [5.74, 6) is 3.34. The summed E-state index contributed by atoms with van der Waals surface area (Å²) in [5, 5.41) is 9.42. The third-order valence-corrected chi connectivity index (χ3v) is 5.57. The normalized spacial score (nSPS) is 13.5. The highest BCUT2D eigenvalue weighted by atomic mass is 32.2. The number of methoxy groups -OCH3 is 2. The molecule has 1 aromatic carbocycles. The van der Waals surface area contributed by atoms with Gasteiger partial charge in [0.2, 0.25) is 5.91 Å². The molecule has 0 unspecified atom stereocenters. The summed E-state index contributed by atoms with van der Waals surface area (Å²) in [6.45, 7) is 3.43. The Balaban J connectivity index is 1.58. The van der Waals surface area contributed by atoms with Crippen LogP contribution in [0.2, 0.25) is 0 Å². The van der Waals surface area contributed by atoms with Gasteiger partial charge in [0.25, 0.3) is 0 Å². The van der Waals surface area contributed by atoms with E-state index in [0.29, 0.717) is 29.7 Å². The second-order valence-electron chi connectivity index (χ2n) is 6.59. The van der Waals surface area contributed by atoms with Crippen molar-refractivity contribution in [3.05, 3.63) is 29.6 Å². The molecular weight excluding hydrogens is 364 g/mol. The van der Waals surface area contributed by atoms with Gasteiger partial charge in [-0.2, -0.15) is 0 Å². The van der Waals surface area contributed by atoms with Crippen LogP contribution in [-0.2, 0) is 17.9 Å². The van der Waals surface area contributed by atoms with Gasteiger partial charge in [-0.1, -0.05) is 17.8 Å². The molecule has 3 rings (SSSR count). The lowest BCUT2D eigenvalue weighted by atomic mass is 10.2. The average molecular weight is 391 g/mol. The molecule has 0 spiro atoms. The number of hydrogen-bond acceptors (Lipinski definition) is 6. The van der Waals surface area contributed by atoms with Gasteiger partial charge in [0.15, 0.2) is 16.7 Å². The molecule has 1 saturated carbocycles. The maximum atomic E-state index is 12.5. The number of amides is 1. The smallest absolute Gasteiger partial charge is 0.233 e. The van der Waals surface area contributed by atoms with Crippen LogP contribution >= 0.6 is 11.8 Å². The number of hydrogen-bond donors (Lipinski definition) is 0. The van der Waals surface area contributed by atoms with Gasteiger partial charge < -0.3 is 18.9 Å². The number of ether oxygens (including phenoxy) is 2. The lowest BCUT2D eigenvalue weighted by Gasteiger charge is -2.18. The van der Waals surface area contributed by atoms with E-state index in [9.17, 15) is 4.79 Å². The predicted molar refractivity (Wildman–Crippen MR) is 104 cm³/mol. The third-order valence-electron chi connectivity index (χ3n) is 4.62. The molecule has 0 saturated heterocycles. The largest absolute Gasteiger partial charge is 0.493 e. The van der Waals surface area contributed by atoms with Crippen molar-refractivity contribution in [3.63, 3.8) is 0 Å². The molecule has 1 fully saturated rings. The number of carbonyl (C=O) groups is 1. The number of aromatic nitrogens is 3. The highest BCUT2D eigenvalue weighted by Gasteiger charge is 2.30. The topological polar surface area (TPSA) is 69.5 Å². The lowest BCUT2D eigenvalue weighted by Crippen LogP contribution is -2.28. The van der Waals surface area contributed by atoms with Gasteiger partial charge in [0.1, 0.15) is 5.82 Å². The fourth-order valence-electron chi connectivity index (χ4n) is 2.93. The maximum absolute atomic E-state index is 12.5. The lowest BCUT2D eigenvalue weighted by molar-refractivity contribution is -0.127. The number of thioether (sulfide) groups is 1. The summed E-state index contributed by atoms with van der Waals surface area (Å²) in [7, 11) is 5.01. The molecule has 0 bridgehead atoms. The van der Waals surface area contributed by atoms with Crippen LogP contribution in [0.25, 0.3) is 0 Å². The van der Waals surface area contributed by atoms with Gasteiger partial charge in [0, 0.05) is 26.1 Å². The van der Waals surface area contributed by atoms with Gasteiger partial charge in [-0.25, -0.2) is 0 Å². The zero-order valence-corrected chi connectivity index (χ0v) is 17.1. The van der Waals surface area contributed by atoms with Crippen molar-refractivity contribution in [2.75, 3.05) is 27.0 Å². The minimum absolute atomic E-state index is 0.0495. The monoisotopic (exact) mass is 390 g/mol. The van der Waals surface area contributed by atoms with Crippen LogP contribution < -0.4 is 9.47 Å². The second kappa shape index (κ2) is 8.65. The standard InChI is InChI=1S/C19H26N4O3S/c1-5-23-18(14-7-8-14)20-21-19(23)27-12-17(24)22(2)11-13-6-9-15(25-3)16(10-13)26-4/h6,9-10,14H,5,7-8,11-12H2,1-4H3. The van der Waals surface area contributed by atoms with Crippen LogP contribution in [0.3, 0.4) is 0 Å². The molecule has 27 heavy (non-hydrogen) atoms. The van der Waals surface area contributed by atoms with Crippen molar-refractivity contribution in [2.45, 2.75) is 43.9 Å². The molecule has 1 aliphatic rings. The molecule has 1 heterocycles. The molecule has 2 aromatic rings. The Bertz CT molecular complexity index is 804. The Kier molecular flexibility index (Phi) is 6.26. The first-order chi connectivity index (χ1) is 13.1. The second-order valence-corrected chi connectivity index (χ2v) is 7.53. The molecule has 8 heteroatoms. The van der Waals surface area contributed by atoms with Gasteiger partial charge >= 0.3 is 0 Å². The quantitative estimate of drug-likeness (QED) is 0.613. The zero-order chi connectivity index (χ0) is 19.4. The zero-order valence-electron chi connectivity index (χ0n) is 16.3. The van der Waals surface area contributed by atoms with Crippen LogP contribution in [0.1, 0.15) is 37.1 Å². The molecule has 0 aliphatic heterocycles. The summed E-state index contributed by atoms with van der Waals surface area (Å²) < 4.78 is 12.7. The van der Waals surface area contributed by atoms with Crippen LogP contribution in [0.5, 0.6) is 11.5 Å². The molecule has 0 radical (unpaired) electrons. The summed E-state index contributed by atoms with van der Waals surface area (Å²) in [6.07, 6.45) is 2.38. The molecule has 146 valence electrons. The molecule has 1 aromatic heterocycles. The first-order valence-corrected chi connectivity index (χ1v) is 10.1. The predicted octanol–water partition coefficient (Wildman–Crippen LogP) is 2.94. The first-order valence-electron chi connectivity index (χ1n) is 9.08. The van der Waals surface area contributed by atoms with E-state index in [2.05, 4.69) is 21.7 Å². The Morgan fingerprint density at radius 1 is 1.26 bits per heavy atom. The molecular formula is C19H26N4O3S. The average Bonchev–Trinajstić information content (AvgIpc) is 3.45. The fourth-order valence-corrected chi connectivity index (χ4v) is 3.88. The maximum Gasteiger partial charge on any atom is 0.233 e. The van der Waals surface area contributed by atoms with E-state index in [1.54, 1.807) is 26.2 Å². The van der Waals surface area contributed by atoms with Gasteiger partial charge in [0.05, 0.1) is 20.0 Å². The van der Waals surface area contributed by atoms with Crippen LogP contribution in [0.4, 0.5) is 0 Å². The molecule has 0 atom stereocenters. The Morgan fingerprint density at radius 3 is 2.63 bits per heavy atom. The van der Waals surface area contributed by atoms with Crippen LogP contribution in [0.15, 0.2) is 23.4 Å². The Labute approximate surface area is 164 Å². The molecule has 7 nitrogen and oxygen atoms in total. The summed E-state index contributed by atoms with van der Waals surface area (Å²) in [4.78, 5) is 14.3. The van der Waals surface area contributed by atoms with Crippen molar-refractivity contribution in [1.82, 2.24) is 19.7 Å². The Hall–Kier alpha value is -2.22. The number of rotatable bonds is 9. The van der Waals surface area contributed by atoms with Crippen molar-refractivity contribution >= 4 is 17.7 Å². The van der Waals surface area contributed by atoms with Crippen molar-refractivity contribution in [2.24, 2.45) is 0 Å². The summed E-state index contributed by atoms with van der Waals surface area (Å²) in [6, 6.07) is 5.68. The number of carbonyl (C=O) groups excluding carboxylic acids is 1. The molecule has 1 aliphatic carbocycles. The molecule has 1 amide bonds. The number of benzene rings is 1. The summed E-state index contributed by atoms with van der Waals surface area (Å²) >= 11 is 1.45. The van der Waals surface area contributed by atoms with Gasteiger partial charge in [-0.15, -0.1) is 10.2 Å². The fraction of sp³-hybridized carbons (Fsp3) is 0.526. The highest BCUT2D eigenvalue weighted by Crippen LogP contribution is 2.40. The SMILES string of the molecule is CCn1c(SCC(=O)N(C)Cc2ccc(OC)c(OC)c2)nnc1C1CC1. The van der Waals surface area contributed by atoms with Gasteiger partial charge in [-0.05, 0) is 37.5 Å². The van der Waals surface area contributed by atoms with E-state index in [-0.39, 0.29) is 5.91 Å². The van der Waals surface area contributed by atoms with Gasteiger partial charge in [-0.3, -0.25) is 4.79 Å². The minimum atomic E-state index is 0.0495. The Morgan fingerprint density at radius 2 is 2.00 bits per heavy atom. The van der Waals surface area contributed by atoms with E-state index in [1.807, 2.05) is 18.2 Å². The highest BCUT2D eigenvalue weighted by molar-refractivity contribution is 7.99. The van der Waals surface area contributed by atoms with Crippen molar-refractivity contribution in [1.29, 1.82) is 0 Å². The molecule has 0 N–H and O–H groups in total. The van der Waals surface area contributed by atoms with Crippen LogP contribution in [-0.4, -0.2) is 52.6 Å². The van der Waals surface area contributed by atoms with Crippen LogP contribution in [0, 0.1) is 0 Å². The van der Waals surface area contributed by atoms with E-state index < -0.39 is 0 Å². The minimum Gasteiger partial charge on any atom is -0.493 e. The van der Waals surface area contributed by atoms with E-state index in [4.69, 9.17) is 9.47 Å². The third kappa shape index (κ3) is 4.55.